The van der Waals surface area contributed by atoms with Crippen LogP contribution in [-0.2, 0) is 0 Å². The molecule has 0 N–H and O–H groups in total. The first-order valence-electron chi connectivity index (χ1n) is 5.03. The second-order valence-corrected chi connectivity index (χ2v) is 3.62. The third kappa shape index (κ3) is 1.50. The molecule has 0 atom stereocenters. The van der Waals surface area contributed by atoms with Gasteiger partial charge in [-0.05, 0) is 12.1 Å². The Morgan fingerprint density at radius 2 is 1.88 bits per heavy atom. The molecule has 1 aromatic carbocycles. The molecule has 0 aliphatic carbocycles. The van der Waals surface area contributed by atoms with E-state index < -0.39 is 0 Å². The van der Waals surface area contributed by atoms with Crippen molar-refractivity contribution in [2.24, 2.45) is 0 Å². The van der Waals surface area contributed by atoms with Gasteiger partial charge >= 0.3 is 0 Å². The maximum atomic E-state index is 5.69. The van der Waals surface area contributed by atoms with Crippen molar-refractivity contribution < 1.29 is 4.42 Å². The van der Waals surface area contributed by atoms with Crippen LogP contribution < -0.4 is 5.46 Å². The Hall–Kier alpha value is -2.03. The molecule has 74 valence electrons. The van der Waals surface area contributed by atoms with E-state index >= 15 is 0 Å². The third-order valence-corrected chi connectivity index (χ3v) is 2.48. The molecule has 0 fully saturated rings. The summed E-state index contributed by atoms with van der Waals surface area (Å²) in [5.74, 6) is 0.814. The zero-order chi connectivity index (χ0) is 11.0. The Labute approximate surface area is 94.3 Å². The largest absolute Gasteiger partial charge is 0.454 e. The van der Waals surface area contributed by atoms with E-state index in [1.54, 1.807) is 6.20 Å². The Morgan fingerprint density at radius 1 is 1.06 bits per heavy atom. The Balaban J connectivity index is 2.15. The molecule has 2 radical (unpaired) electrons. The van der Waals surface area contributed by atoms with Gasteiger partial charge in [0.05, 0.1) is 0 Å². The van der Waals surface area contributed by atoms with Crippen molar-refractivity contribution in [1.82, 2.24) is 4.98 Å². The van der Waals surface area contributed by atoms with Crippen LogP contribution in [0.4, 0.5) is 0 Å². The van der Waals surface area contributed by atoms with Crippen molar-refractivity contribution in [3.05, 3.63) is 48.7 Å². The van der Waals surface area contributed by atoms with Crippen LogP contribution in [-0.4, -0.2) is 12.8 Å². The van der Waals surface area contributed by atoms with Gasteiger partial charge < -0.3 is 4.42 Å². The topological polar surface area (TPSA) is 26.0 Å². The van der Waals surface area contributed by atoms with Crippen LogP contribution in [0, 0.1) is 0 Å². The summed E-state index contributed by atoms with van der Waals surface area (Å²) in [5.41, 5.74) is 3.42. The van der Waals surface area contributed by atoms with Crippen molar-refractivity contribution >= 4 is 24.4 Å². The highest BCUT2D eigenvalue weighted by atomic mass is 16.3. The number of aromatic nitrogens is 1. The van der Waals surface area contributed by atoms with Gasteiger partial charge in [-0.15, -0.1) is 0 Å². The highest BCUT2D eigenvalue weighted by Crippen LogP contribution is 2.25. The lowest BCUT2D eigenvalue weighted by Crippen LogP contribution is -1.98. The zero-order valence-electron chi connectivity index (χ0n) is 8.55. The molecule has 0 spiro atoms. The average Bonchev–Trinajstić information content (AvgIpc) is 2.73. The van der Waals surface area contributed by atoms with E-state index in [0.717, 1.165) is 27.9 Å². The molecule has 0 bridgehead atoms. The fourth-order valence-electron chi connectivity index (χ4n) is 1.66. The number of furan rings is 1. The molecular weight excluding hydrogens is 197 g/mol. The van der Waals surface area contributed by atoms with Crippen LogP contribution in [0.25, 0.3) is 22.4 Å². The Bertz CT molecular complexity index is 595. The minimum absolute atomic E-state index is 0.748. The minimum Gasteiger partial charge on any atom is -0.454 e. The normalized spacial score (nSPS) is 10.8. The van der Waals surface area contributed by atoms with Crippen molar-refractivity contribution in [2.75, 3.05) is 0 Å². The van der Waals surface area contributed by atoms with Crippen LogP contribution in [0.3, 0.4) is 0 Å². The summed E-state index contributed by atoms with van der Waals surface area (Å²) in [6, 6.07) is 13.3. The van der Waals surface area contributed by atoms with Gasteiger partial charge in [-0.1, -0.05) is 29.7 Å². The average molecular weight is 205 g/mol. The fourth-order valence-corrected chi connectivity index (χ4v) is 1.66. The Kier molecular flexibility index (Phi) is 2.03. The number of pyridine rings is 1. The predicted molar refractivity (Wildman–Crippen MR) is 64.8 cm³/mol. The van der Waals surface area contributed by atoms with Gasteiger partial charge in [0.2, 0.25) is 0 Å². The molecule has 3 heteroatoms. The second-order valence-electron chi connectivity index (χ2n) is 3.62. The summed E-state index contributed by atoms with van der Waals surface area (Å²) in [5, 5.41) is 0. The summed E-state index contributed by atoms with van der Waals surface area (Å²) in [7, 11) is 5.64. The number of hydrogen-bond donors (Lipinski definition) is 0. The Morgan fingerprint density at radius 3 is 2.62 bits per heavy atom. The summed E-state index contributed by atoms with van der Waals surface area (Å²) < 4.78 is 5.69. The third-order valence-electron chi connectivity index (χ3n) is 2.48. The van der Waals surface area contributed by atoms with Gasteiger partial charge in [0.25, 0.3) is 0 Å². The molecule has 0 unspecified atom stereocenters. The SMILES string of the molecule is [B]c1ccc(-c2cc3ncccc3o2)cc1. The van der Waals surface area contributed by atoms with E-state index in [1.807, 2.05) is 42.5 Å². The van der Waals surface area contributed by atoms with Crippen LogP contribution >= 0.6 is 0 Å². The molecule has 2 heterocycles. The van der Waals surface area contributed by atoms with Crippen LogP contribution in [0.5, 0.6) is 0 Å². The predicted octanol–water partition coefficient (Wildman–Crippen LogP) is 2.29. The molecule has 0 amide bonds. The standard InChI is InChI=1S/C13H8BNO/c14-10-5-3-9(4-6-10)13-8-11-12(16-13)2-1-7-15-11/h1-8H. The van der Waals surface area contributed by atoms with E-state index in [-0.39, 0.29) is 0 Å². The first-order chi connectivity index (χ1) is 7.83. The first kappa shape index (κ1) is 9.22. The zero-order valence-corrected chi connectivity index (χ0v) is 8.55. The van der Waals surface area contributed by atoms with Crippen molar-refractivity contribution in [3.8, 4) is 11.3 Å². The number of fused-ring (bicyclic) bond motifs is 1. The molecule has 16 heavy (non-hydrogen) atoms. The maximum Gasteiger partial charge on any atom is 0.153 e. The summed E-state index contributed by atoms with van der Waals surface area (Å²) in [4.78, 5) is 4.23. The van der Waals surface area contributed by atoms with Gasteiger partial charge in [-0.3, -0.25) is 4.98 Å². The second kappa shape index (κ2) is 3.52. The molecule has 2 aromatic heterocycles. The van der Waals surface area contributed by atoms with E-state index in [2.05, 4.69) is 4.98 Å². The monoisotopic (exact) mass is 205 g/mol. The lowest BCUT2D eigenvalue weighted by Gasteiger charge is -1.96. The van der Waals surface area contributed by atoms with Gasteiger partial charge in [-0.25, -0.2) is 0 Å². The molecule has 3 rings (SSSR count). The van der Waals surface area contributed by atoms with Crippen molar-refractivity contribution in [2.45, 2.75) is 0 Å². The van der Waals surface area contributed by atoms with E-state index in [0.29, 0.717) is 0 Å². The molecule has 3 aromatic rings. The molecule has 0 saturated carbocycles. The van der Waals surface area contributed by atoms with Gasteiger partial charge in [0, 0.05) is 17.8 Å². The molecular formula is C13H8BNO. The minimum atomic E-state index is 0.748. The van der Waals surface area contributed by atoms with Crippen molar-refractivity contribution in [1.29, 1.82) is 0 Å². The number of benzene rings is 1. The number of nitrogens with zero attached hydrogens (tertiary/aromatic N) is 1. The van der Waals surface area contributed by atoms with Gasteiger partial charge in [0.15, 0.2) is 5.58 Å². The highest BCUT2D eigenvalue weighted by Gasteiger charge is 2.05. The summed E-state index contributed by atoms with van der Waals surface area (Å²) >= 11 is 0. The summed E-state index contributed by atoms with van der Waals surface area (Å²) in [6.45, 7) is 0. The van der Waals surface area contributed by atoms with E-state index in [1.165, 1.54) is 0 Å². The van der Waals surface area contributed by atoms with Crippen LogP contribution in [0.2, 0.25) is 0 Å². The quantitative estimate of drug-likeness (QED) is 0.569. The van der Waals surface area contributed by atoms with Gasteiger partial charge in [0.1, 0.15) is 19.1 Å². The van der Waals surface area contributed by atoms with Gasteiger partial charge in [-0.2, -0.15) is 0 Å². The molecule has 2 nitrogen and oxygen atoms in total. The molecule has 0 saturated heterocycles. The number of rotatable bonds is 1. The van der Waals surface area contributed by atoms with E-state index in [4.69, 9.17) is 12.3 Å². The maximum absolute atomic E-state index is 5.69. The number of hydrogen-bond acceptors (Lipinski definition) is 2. The fraction of sp³-hybridized carbons (Fsp3) is 0. The highest BCUT2D eigenvalue weighted by molar-refractivity contribution is 6.32. The van der Waals surface area contributed by atoms with Crippen LogP contribution in [0.1, 0.15) is 0 Å². The lowest BCUT2D eigenvalue weighted by atomic mass is 9.95. The van der Waals surface area contributed by atoms with Crippen LogP contribution in [0.15, 0.2) is 53.1 Å². The molecule has 0 aliphatic heterocycles. The first-order valence-corrected chi connectivity index (χ1v) is 5.03. The smallest absolute Gasteiger partial charge is 0.153 e. The summed E-state index contributed by atoms with van der Waals surface area (Å²) in [6.07, 6.45) is 1.75. The lowest BCUT2D eigenvalue weighted by molar-refractivity contribution is 0.631. The molecule has 0 aliphatic rings. The van der Waals surface area contributed by atoms with E-state index in [9.17, 15) is 0 Å². The van der Waals surface area contributed by atoms with Crippen molar-refractivity contribution in [3.63, 3.8) is 0 Å².